The Bertz CT molecular complexity index is 314. The van der Waals surface area contributed by atoms with Gasteiger partial charge in [0.2, 0.25) is 0 Å². The van der Waals surface area contributed by atoms with E-state index in [4.69, 9.17) is 5.73 Å². The van der Waals surface area contributed by atoms with Crippen LogP contribution >= 0.6 is 11.9 Å². The van der Waals surface area contributed by atoms with Crippen LogP contribution in [-0.4, -0.2) is 29.0 Å². The molecule has 0 atom stereocenters. The normalized spacial score (nSPS) is 11.4. The van der Waals surface area contributed by atoms with E-state index in [1.54, 1.807) is 24.1 Å². The van der Waals surface area contributed by atoms with Gasteiger partial charge in [-0.1, -0.05) is 13.8 Å². The van der Waals surface area contributed by atoms with Gasteiger partial charge in [0.05, 0.1) is 0 Å². The molecule has 0 aliphatic carbocycles. The van der Waals surface area contributed by atoms with Crippen LogP contribution in [0.1, 0.15) is 20.3 Å². The van der Waals surface area contributed by atoms with Gasteiger partial charge in [-0.15, -0.1) is 0 Å². The van der Waals surface area contributed by atoms with E-state index in [-0.39, 0.29) is 0 Å². The first-order valence-corrected chi connectivity index (χ1v) is 6.81. The summed E-state index contributed by atoms with van der Waals surface area (Å²) >= 11 is 1.73. The molecule has 17 heavy (non-hydrogen) atoms. The number of rotatable bonds is 7. The molecule has 1 aromatic rings. The van der Waals surface area contributed by atoms with E-state index >= 15 is 0 Å². The molecule has 96 valence electrons. The van der Waals surface area contributed by atoms with Crippen LogP contribution in [0.15, 0.2) is 29.2 Å². The number of aromatic hydroxyl groups is 1. The lowest BCUT2D eigenvalue weighted by Crippen LogP contribution is -2.23. The van der Waals surface area contributed by atoms with Gasteiger partial charge in [0.1, 0.15) is 5.75 Å². The Labute approximate surface area is 108 Å². The van der Waals surface area contributed by atoms with Crippen molar-refractivity contribution in [3.8, 4) is 5.75 Å². The zero-order valence-corrected chi connectivity index (χ0v) is 11.4. The zero-order valence-electron chi connectivity index (χ0n) is 10.6. The standard InChI is InChI=1S/C13H22N2OS/c1-11(2)10-15(9-3-8-14)17-13-6-4-12(16)5-7-13/h4-7,11,16H,3,8-10,14H2,1-2H3. The molecule has 0 aliphatic heterocycles. The second-order valence-electron chi connectivity index (χ2n) is 4.51. The molecule has 0 heterocycles. The van der Waals surface area contributed by atoms with Crippen LogP contribution in [0.4, 0.5) is 0 Å². The van der Waals surface area contributed by atoms with Crippen molar-refractivity contribution in [3.63, 3.8) is 0 Å². The molecule has 3 nitrogen and oxygen atoms in total. The average Bonchev–Trinajstić information content (AvgIpc) is 2.28. The molecule has 0 unspecified atom stereocenters. The molecule has 0 fully saturated rings. The second-order valence-corrected chi connectivity index (χ2v) is 5.68. The minimum Gasteiger partial charge on any atom is -0.508 e. The number of nitrogens with zero attached hydrogens (tertiary/aromatic N) is 1. The van der Waals surface area contributed by atoms with Crippen LogP contribution in [0.3, 0.4) is 0 Å². The smallest absolute Gasteiger partial charge is 0.115 e. The Morgan fingerprint density at radius 3 is 2.47 bits per heavy atom. The number of phenolic OH excluding ortho intramolecular Hbond substituents is 1. The third kappa shape index (κ3) is 5.96. The molecular formula is C13H22N2OS. The number of hydrogen-bond acceptors (Lipinski definition) is 4. The zero-order chi connectivity index (χ0) is 12.7. The van der Waals surface area contributed by atoms with Gasteiger partial charge >= 0.3 is 0 Å². The molecule has 0 aromatic heterocycles. The highest BCUT2D eigenvalue weighted by Gasteiger charge is 2.08. The first kappa shape index (κ1) is 14.4. The summed E-state index contributed by atoms with van der Waals surface area (Å²) in [5, 5.41) is 9.24. The van der Waals surface area contributed by atoms with Crippen molar-refractivity contribution >= 4 is 11.9 Å². The van der Waals surface area contributed by atoms with Crippen molar-refractivity contribution < 1.29 is 5.11 Å². The lowest BCUT2D eigenvalue weighted by molar-refractivity contribution is 0.402. The molecule has 0 amide bonds. The highest BCUT2D eigenvalue weighted by molar-refractivity contribution is 7.97. The average molecular weight is 254 g/mol. The predicted molar refractivity (Wildman–Crippen MR) is 74.0 cm³/mol. The third-order valence-corrected chi connectivity index (χ3v) is 3.32. The molecule has 4 heteroatoms. The Morgan fingerprint density at radius 1 is 1.29 bits per heavy atom. The largest absolute Gasteiger partial charge is 0.508 e. The van der Waals surface area contributed by atoms with E-state index < -0.39 is 0 Å². The van der Waals surface area contributed by atoms with Gasteiger partial charge < -0.3 is 10.8 Å². The number of benzene rings is 1. The summed E-state index contributed by atoms with van der Waals surface area (Å²) in [4.78, 5) is 1.15. The summed E-state index contributed by atoms with van der Waals surface area (Å²) in [5.41, 5.74) is 5.55. The fraction of sp³-hybridized carbons (Fsp3) is 0.538. The monoisotopic (exact) mass is 254 g/mol. The first-order valence-electron chi connectivity index (χ1n) is 6.04. The van der Waals surface area contributed by atoms with Crippen molar-refractivity contribution in [3.05, 3.63) is 24.3 Å². The fourth-order valence-electron chi connectivity index (χ4n) is 1.51. The van der Waals surface area contributed by atoms with Crippen LogP contribution < -0.4 is 5.73 Å². The second kappa shape index (κ2) is 7.58. The molecule has 0 spiro atoms. The van der Waals surface area contributed by atoms with Crippen LogP contribution in [0.2, 0.25) is 0 Å². The van der Waals surface area contributed by atoms with Crippen LogP contribution in [0.5, 0.6) is 5.75 Å². The van der Waals surface area contributed by atoms with Gasteiger partial charge in [0.15, 0.2) is 0 Å². The highest BCUT2D eigenvalue weighted by atomic mass is 32.2. The van der Waals surface area contributed by atoms with E-state index in [1.807, 2.05) is 12.1 Å². The Balaban J connectivity index is 2.54. The molecule has 1 rings (SSSR count). The lowest BCUT2D eigenvalue weighted by Gasteiger charge is -2.22. The number of phenols is 1. The van der Waals surface area contributed by atoms with E-state index in [1.165, 1.54) is 0 Å². The van der Waals surface area contributed by atoms with E-state index in [9.17, 15) is 5.11 Å². The Kier molecular flexibility index (Phi) is 6.40. The maximum atomic E-state index is 9.24. The Hall–Kier alpha value is -0.710. The topological polar surface area (TPSA) is 49.5 Å². The van der Waals surface area contributed by atoms with Crippen molar-refractivity contribution in [1.29, 1.82) is 0 Å². The summed E-state index contributed by atoms with van der Waals surface area (Å²) in [7, 11) is 0. The molecule has 1 aromatic carbocycles. The summed E-state index contributed by atoms with van der Waals surface area (Å²) in [6, 6.07) is 7.32. The molecule has 0 radical (unpaired) electrons. The van der Waals surface area contributed by atoms with Crippen molar-refractivity contribution in [2.24, 2.45) is 11.7 Å². The minimum atomic E-state index is 0.312. The maximum absolute atomic E-state index is 9.24. The van der Waals surface area contributed by atoms with Crippen molar-refractivity contribution in [2.75, 3.05) is 19.6 Å². The quantitative estimate of drug-likeness (QED) is 0.735. The molecule has 0 bridgehead atoms. The van der Waals surface area contributed by atoms with Gasteiger partial charge in [0.25, 0.3) is 0 Å². The van der Waals surface area contributed by atoms with E-state index in [2.05, 4.69) is 18.2 Å². The van der Waals surface area contributed by atoms with Crippen molar-refractivity contribution in [2.45, 2.75) is 25.2 Å². The van der Waals surface area contributed by atoms with Gasteiger partial charge in [-0.2, -0.15) is 0 Å². The van der Waals surface area contributed by atoms with E-state index in [0.717, 1.165) is 31.0 Å². The molecular weight excluding hydrogens is 232 g/mol. The summed E-state index contributed by atoms with van der Waals surface area (Å²) < 4.78 is 2.34. The predicted octanol–water partition coefficient (Wildman–Crippen LogP) is 2.71. The molecule has 3 N–H and O–H groups in total. The summed E-state index contributed by atoms with van der Waals surface area (Å²) in [6.45, 7) is 7.20. The minimum absolute atomic E-state index is 0.312. The third-order valence-electron chi connectivity index (χ3n) is 2.25. The van der Waals surface area contributed by atoms with E-state index in [0.29, 0.717) is 11.7 Å². The molecule has 0 aliphatic rings. The molecule has 0 saturated heterocycles. The SMILES string of the molecule is CC(C)CN(CCCN)Sc1ccc(O)cc1. The van der Waals surface area contributed by atoms with Gasteiger partial charge in [-0.25, -0.2) is 4.31 Å². The first-order chi connectivity index (χ1) is 8.11. The maximum Gasteiger partial charge on any atom is 0.115 e. The summed E-state index contributed by atoms with van der Waals surface area (Å²) in [5.74, 6) is 0.948. The Morgan fingerprint density at radius 2 is 1.94 bits per heavy atom. The highest BCUT2D eigenvalue weighted by Crippen LogP contribution is 2.25. The molecule has 0 saturated carbocycles. The summed E-state index contributed by atoms with van der Waals surface area (Å²) in [6.07, 6.45) is 1.01. The van der Waals surface area contributed by atoms with Crippen LogP contribution in [0.25, 0.3) is 0 Å². The fourth-order valence-corrected chi connectivity index (χ4v) is 2.65. The van der Waals surface area contributed by atoms with Crippen LogP contribution in [-0.2, 0) is 0 Å². The van der Waals surface area contributed by atoms with Crippen LogP contribution in [0, 0.1) is 5.92 Å². The van der Waals surface area contributed by atoms with Crippen molar-refractivity contribution in [1.82, 2.24) is 4.31 Å². The number of hydrogen-bond donors (Lipinski definition) is 2. The van der Waals surface area contributed by atoms with Gasteiger partial charge in [0, 0.05) is 18.0 Å². The van der Waals surface area contributed by atoms with Gasteiger partial charge in [-0.3, -0.25) is 0 Å². The lowest BCUT2D eigenvalue weighted by atomic mass is 10.2. The number of nitrogens with two attached hydrogens (primary N) is 1. The van der Waals surface area contributed by atoms with Gasteiger partial charge in [-0.05, 0) is 55.1 Å².